The molecule has 0 aliphatic carbocycles. The number of aliphatic imine (C=N–C) groups is 2. The monoisotopic (exact) mass is 354 g/mol. The standard InChI is InChI=1S/C23H18N2O2/c1-16-8-10-19(21(12-16)24-14-26)23(18-6-4-3-5-7-18)20-11-9-17(2)13-22(20)25-15-27/h3-13,23H,1-2H3. The predicted molar refractivity (Wildman–Crippen MR) is 105 cm³/mol. The fourth-order valence-electron chi connectivity index (χ4n) is 3.26. The Balaban J connectivity index is 2.33. The molecular formula is C23H18N2O2. The molecule has 0 aromatic heterocycles. The van der Waals surface area contributed by atoms with E-state index in [-0.39, 0.29) is 5.92 Å². The van der Waals surface area contributed by atoms with Crippen LogP contribution < -0.4 is 0 Å². The Morgan fingerprint density at radius 2 is 1.19 bits per heavy atom. The maximum Gasteiger partial charge on any atom is 0.240 e. The topological polar surface area (TPSA) is 58.9 Å². The molecule has 0 spiro atoms. The molecule has 4 heteroatoms. The Hall–Kier alpha value is -3.58. The van der Waals surface area contributed by atoms with E-state index in [1.54, 1.807) is 12.2 Å². The van der Waals surface area contributed by atoms with Gasteiger partial charge in [0.25, 0.3) is 0 Å². The molecule has 0 fully saturated rings. The third-order valence-corrected chi connectivity index (χ3v) is 4.46. The SMILES string of the molecule is Cc1ccc(C(c2ccccc2)c2ccc(C)cc2N=C=O)c(N=C=O)c1. The van der Waals surface area contributed by atoms with Crippen LogP contribution in [-0.4, -0.2) is 12.2 Å². The van der Waals surface area contributed by atoms with Gasteiger partial charge >= 0.3 is 0 Å². The highest BCUT2D eigenvalue weighted by Crippen LogP contribution is 2.41. The molecule has 0 heterocycles. The average molecular weight is 354 g/mol. The molecule has 0 bridgehead atoms. The van der Waals surface area contributed by atoms with Crippen molar-refractivity contribution in [3.05, 3.63) is 94.5 Å². The Bertz CT molecular complexity index is 993. The minimum Gasteiger partial charge on any atom is -0.211 e. The molecule has 0 aliphatic heterocycles. The first kappa shape index (κ1) is 18.2. The van der Waals surface area contributed by atoms with Crippen molar-refractivity contribution in [3.8, 4) is 0 Å². The van der Waals surface area contributed by atoms with E-state index < -0.39 is 0 Å². The summed E-state index contributed by atoms with van der Waals surface area (Å²) in [5.74, 6) is -0.244. The zero-order valence-corrected chi connectivity index (χ0v) is 15.1. The maximum atomic E-state index is 11.0. The van der Waals surface area contributed by atoms with Gasteiger partial charge in [-0.05, 0) is 53.8 Å². The van der Waals surface area contributed by atoms with Gasteiger partial charge in [-0.2, -0.15) is 9.98 Å². The van der Waals surface area contributed by atoms with E-state index in [9.17, 15) is 9.59 Å². The van der Waals surface area contributed by atoms with Gasteiger partial charge in [0.15, 0.2) is 0 Å². The van der Waals surface area contributed by atoms with Crippen molar-refractivity contribution < 1.29 is 9.59 Å². The molecule has 0 radical (unpaired) electrons. The zero-order chi connectivity index (χ0) is 19.2. The molecule has 0 N–H and O–H groups in total. The first-order chi connectivity index (χ1) is 13.1. The second-order valence-corrected chi connectivity index (χ2v) is 6.37. The van der Waals surface area contributed by atoms with Crippen molar-refractivity contribution in [1.29, 1.82) is 0 Å². The highest BCUT2D eigenvalue weighted by Gasteiger charge is 2.23. The maximum absolute atomic E-state index is 11.0. The summed E-state index contributed by atoms with van der Waals surface area (Å²) in [5, 5.41) is 0. The van der Waals surface area contributed by atoms with Crippen LogP contribution in [0.3, 0.4) is 0 Å². The van der Waals surface area contributed by atoms with Gasteiger partial charge in [-0.15, -0.1) is 0 Å². The van der Waals surface area contributed by atoms with Crippen molar-refractivity contribution in [3.63, 3.8) is 0 Å². The van der Waals surface area contributed by atoms with E-state index in [4.69, 9.17) is 0 Å². The molecule has 3 rings (SSSR count). The summed E-state index contributed by atoms with van der Waals surface area (Å²) in [7, 11) is 0. The zero-order valence-electron chi connectivity index (χ0n) is 15.1. The summed E-state index contributed by atoms with van der Waals surface area (Å²) in [6.07, 6.45) is 3.30. The first-order valence-corrected chi connectivity index (χ1v) is 8.56. The third kappa shape index (κ3) is 3.99. The quantitative estimate of drug-likeness (QED) is 0.349. The molecule has 27 heavy (non-hydrogen) atoms. The van der Waals surface area contributed by atoms with Gasteiger partial charge in [-0.1, -0.05) is 54.6 Å². The van der Waals surface area contributed by atoms with E-state index in [0.717, 1.165) is 27.8 Å². The van der Waals surface area contributed by atoms with Gasteiger partial charge in [0, 0.05) is 5.92 Å². The van der Waals surface area contributed by atoms with E-state index >= 15 is 0 Å². The van der Waals surface area contributed by atoms with E-state index in [1.165, 1.54) is 0 Å². The van der Waals surface area contributed by atoms with Gasteiger partial charge in [0.1, 0.15) is 0 Å². The van der Waals surface area contributed by atoms with Crippen molar-refractivity contribution in [1.82, 2.24) is 0 Å². The molecule has 4 nitrogen and oxygen atoms in total. The average Bonchev–Trinajstić information content (AvgIpc) is 2.66. The summed E-state index contributed by atoms with van der Waals surface area (Å²) >= 11 is 0. The van der Waals surface area contributed by atoms with Crippen LogP contribution in [0.25, 0.3) is 0 Å². The lowest BCUT2D eigenvalue weighted by Gasteiger charge is -2.22. The van der Waals surface area contributed by atoms with Crippen LogP contribution in [0.2, 0.25) is 0 Å². The minimum absolute atomic E-state index is 0.244. The van der Waals surface area contributed by atoms with Crippen molar-refractivity contribution >= 4 is 23.5 Å². The molecule has 0 aliphatic rings. The molecule has 0 saturated heterocycles. The number of nitrogens with zero attached hydrogens (tertiary/aromatic N) is 2. The summed E-state index contributed by atoms with van der Waals surface area (Å²) in [5.41, 5.74) is 5.81. The smallest absolute Gasteiger partial charge is 0.211 e. The summed E-state index contributed by atoms with van der Waals surface area (Å²) < 4.78 is 0. The van der Waals surface area contributed by atoms with Crippen LogP contribution in [0.5, 0.6) is 0 Å². The number of hydrogen-bond donors (Lipinski definition) is 0. The van der Waals surface area contributed by atoms with Gasteiger partial charge in [-0.25, -0.2) is 9.59 Å². The molecule has 3 aromatic carbocycles. The highest BCUT2D eigenvalue weighted by molar-refractivity contribution is 5.65. The number of benzene rings is 3. The summed E-state index contributed by atoms with van der Waals surface area (Å²) in [6, 6.07) is 21.4. The largest absolute Gasteiger partial charge is 0.240 e. The molecule has 3 aromatic rings. The predicted octanol–water partition coefficient (Wildman–Crippen LogP) is 5.42. The first-order valence-electron chi connectivity index (χ1n) is 8.56. The molecule has 0 unspecified atom stereocenters. The number of rotatable bonds is 5. The molecule has 0 atom stereocenters. The van der Waals surface area contributed by atoms with E-state index in [1.807, 2.05) is 80.6 Å². The molecule has 132 valence electrons. The van der Waals surface area contributed by atoms with Gasteiger partial charge in [0.05, 0.1) is 11.4 Å². The van der Waals surface area contributed by atoms with E-state index in [0.29, 0.717) is 11.4 Å². The van der Waals surface area contributed by atoms with Gasteiger partial charge < -0.3 is 0 Å². The van der Waals surface area contributed by atoms with Crippen LogP contribution in [0.15, 0.2) is 76.7 Å². The summed E-state index contributed by atoms with van der Waals surface area (Å²) in [6.45, 7) is 3.89. The lowest BCUT2D eigenvalue weighted by atomic mass is 9.83. The molecular weight excluding hydrogens is 336 g/mol. The fourth-order valence-corrected chi connectivity index (χ4v) is 3.26. The third-order valence-electron chi connectivity index (χ3n) is 4.46. The Morgan fingerprint density at radius 3 is 1.63 bits per heavy atom. The van der Waals surface area contributed by atoms with Crippen LogP contribution in [-0.2, 0) is 9.59 Å². The van der Waals surface area contributed by atoms with E-state index in [2.05, 4.69) is 9.98 Å². The van der Waals surface area contributed by atoms with Crippen molar-refractivity contribution in [2.45, 2.75) is 19.8 Å². The minimum atomic E-state index is -0.244. The van der Waals surface area contributed by atoms with Gasteiger partial charge in [-0.3, -0.25) is 0 Å². The van der Waals surface area contributed by atoms with Crippen LogP contribution >= 0.6 is 0 Å². The Labute approximate surface area is 157 Å². The molecule has 0 saturated carbocycles. The summed E-state index contributed by atoms with van der Waals surface area (Å²) in [4.78, 5) is 29.8. The number of hydrogen-bond acceptors (Lipinski definition) is 4. The number of isocyanates is 2. The second-order valence-electron chi connectivity index (χ2n) is 6.37. The normalized spacial score (nSPS) is 11.2. The molecule has 0 amide bonds. The van der Waals surface area contributed by atoms with Crippen LogP contribution in [0.1, 0.15) is 33.7 Å². The lowest BCUT2D eigenvalue weighted by Crippen LogP contribution is -2.05. The van der Waals surface area contributed by atoms with Gasteiger partial charge in [0.2, 0.25) is 12.2 Å². The Morgan fingerprint density at radius 1 is 0.704 bits per heavy atom. The van der Waals surface area contributed by atoms with Crippen molar-refractivity contribution in [2.75, 3.05) is 0 Å². The number of carbonyl (C=O) groups excluding carboxylic acids is 2. The fraction of sp³-hybridized carbons (Fsp3) is 0.130. The highest BCUT2D eigenvalue weighted by atomic mass is 16.1. The lowest BCUT2D eigenvalue weighted by molar-refractivity contribution is 0.564. The van der Waals surface area contributed by atoms with Crippen LogP contribution in [0.4, 0.5) is 11.4 Å². The van der Waals surface area contributed by atoms with Crippen LogP contribution in [0, 0.1) is 13.8 Å². The number of aryl methyl sites for hydroxylation is 2. The second kappa shape index (κ2) is 8.20. The van der Waals surface area contributed by atoms with Crippen molar-refractivity contribution in [2.24, 2.45) is 9.98 Å². The Kier molecular flexibility index (Phi) is 5.53.